The second-order valence-corrected chi connectivity index (χ2v) is 5.53. The smallest absolute Gasteiger partial charge is 0.404 e. The number of ether oxygens (including phenoxy) is 1. The number of rotatable bonds is 4. The van der Waals surface area contributed by atoms with E-state index in [2.05, 4.69) is 34.5 Å². The highest BCUT2D eigenvalue weighted by Gasteiger charge is 2.39. The summed E-state index contributed by atoms with van der Waals surface area (Å²) in [6.07, 6.45) is -0.0187. The van der Waals surface area contributed by atoms with Crippen molar-refractivity contribution in [2.24, 2.45) is 0 Å². The van der Waals surface area contributed by atoms with E-state index in [4.69, 9.17) is 9.84 Å². The summed E-state index contributed by atoms with van der Waals surface area (Å²) in [5.74, 6) is 0.343. The zero-order chi connectivity index (χ0) is 13.9. The summed E-state index contributed by atoms with van der Waals surface area (Å²) in [5, 5.41) is 11.3. The number of carboxylic acid groups (broad SMARTS) is 1. The minimum atomic E-state index is -0.929. The van der Waals surface area contributed by atoms with E-state index in [0.29, 0.717) is 5.92 Å². The van der Waals surface area contributed by atoms with E-state index in [0.717, 1.165) is 39.3 Å². The van der Waals surface area contributed by atoms with E-state index in [1.54, 1.807) is 0 Å². The second kappa shape index (κ2) is 5.81. The molecule has 5 nitrogen and oxygen atoms in total. The lowest BCUT2D eigenvalue weighted by atomic mass is 10.1. The van der Waals surface area contributed by atoms with Crippen LogP contribution < -0.4 is 5.32 Å². The molecule has 1 aromatic rings. The van der Waals surface area contributed by atoms with Gasteiger partial charge in [0.1, 0.15) is 0 Å². The molecule has 1 saturated heterocycles. The van der Waals surface area contributed by atoms with Crippen LogP contribution >= 0.6 is 0 Å². The fraction of sp³-hybridized carbons (Fsp3) is 0.533. The summed E-state index contributed by atoms with van der Waals surface area (Å²) in [7, 11) is 0. The molecule has 5 heteroatoms. The van der Waals surface area contributed by atoms with E-state index >= 15 is 0 Å². The highest BCUT2D eigenvalue weighted by atomic mass is 16.5. The molecule has 2 aliphatic rings. The minimum Gasteiger partial charge on any atom is -0.465 e. The molecule has 2 unspecified atom stereocenters. The van der Waals surface area contributed by atoms with Crippen molar-refractivity contribution in [3.8, 4) is 0 Å². The fourth-order valence-corrected chi connectivity index (χ4v) is 2.82. The first-order chi connectivity index (χ1) is 9.72. The number of hydrogen-bond acceptors (Lipinski definition) is 3. The molecule has 1 saturated carbocycles. The third-order valence-corrected chi connectivity index (χ3v) is 3.99. The molecule has 20 heavy (non-hydrogen) atoms. The first kappa shape index (κ1) is 13.4. The summed E-state index contributed by atoms with van der Waals surface area (Å²) in [4.78, 5) is 13.0. The van der Waals surface area contributed by atoms with Gasteiger partial charge in [-0.3, -0.25) is 4.90 Å². The Morgan fingerprint density at radius 3 is 2.95 bits per heavy atom. The highest BCUT2D eigenvalue weighted by molar-refractivity contribution is 5.65. The van der Waals surface area contributed by atoms with Gasteiger partial charge in [0.15, 0.2) is 0 Å². The Morgan fingerprint density at radius 1 is 1.40 bits per heavy atom. The first-order valence-corrected chi connectivity index (χ1v) is 7.11. The van der Waals surface area contributed by atoms with Gasteiger partial charge in [0, 0.05) is 31.6 Å². The molecule has 0 spiro atoms. The molecule has 108 valence electrons. The quantitative estimate of drug-likeness (QED) is 0.877. The van der Waals surface area contributed by atoms with Crippen LogP contribution in [0.3, 0.4) is 0 Å². The molecule has 0 aromatic heterocycles. The largest absolute Gasteiger partial charge is 0.465 e. The molecule has 2 atom stereocenters. The van der Waals surface area contributed by atoms with Gasteiger partial charge in [0.2, 0.25) is 0 Å². The van der Waals surface area contributed by atoms with Crippen molar-refractivity contribution >= 4 is 6.09 Å². The van der Waals surface area contributed by atoms with E-state index in [1.165, 1.54) is 11.1 Å². The van der Waals surface area contributed by atoms with Crippen LogP contribution in [0.2, 0.25) is 0 Å². The third kappa shape index (κ3) is 3.29. The lowest BCUT2D eigenvalue weighted by molar-refractivity contribution is 0.0342. The summed E-state index contributed by atoms with van der Waals surface area (Å²) in [6, 6.07) is 8.61. The highest BCUT2D eigenvalue weighted by Crippen LogP contribution is 2.41. The molecule has 1 amide bonds. The Balaban J connectivity index is 1.60. The Bertz CT molecular complexity index is 486. The van der Waals surface area contributed by atoms with Crippen LogP contribution in [0.5, 0.6) is 0 Å². The van der Waals surface area contributed by atoms with E-state index < -0.39 is 6.09 Å². The van der Waals surface area contributed by atoms with Gasteiger partial charge < -0.3 is 15.2 Å². The van der Waals surface area contributed by atoms with Crippen LogP contribution in [0.4, 0.5) is 4.79 Å². The maximum Gasteiger partial charge on any atom is 0.404 e. The molecule has 1 aromatic carbocycles. The number of benzene rings is 1. The molecule has 2 N–H and O–H groups in total. The summed E-state index contributed by atoms with van der Waals surface area (Å²) >= 11 is 0. The Kier molecular flexibility index (Phi) is 3.89. The van der Waals surface area contributed by atoms with Gasteiger partial charge in [0.25, 0.3) is 0 Å². The number of carbonyl (C=O) groups is 1. The molecule has 0 bridgehead atoms. The average molecular weight is 276 g/mol. The maximum absolute atomic E-state index is 10.6. The normalized spacial score (nSPS) is 26.2. The fourth-order valence-electron chi connectivity index (χ4n) is 2.82. The number of hydrogen-bond donors (Lipinski definition) is 2. The van der Waals surface area contributed by atoms with Crippen LogP contribution in [-0.4, -0.2) is 48.4 Å². The predicted molar refractivity (Wildman–Crippen MR) is 74.8 cm³/mol. The molecular weight excluding hydrogens is 256 g/mol. The van der Waals surface area contributed by atoms with Crippen molar-refractivity contribution < 1.29 is 14.6 Å². The Hall–Kier alpha value is -1.59. The van der Waals surface area contributed by atoms with Gasteiger partial charge in [0.05, 0.1) is 13.2 Å². The zero-order valence-electron chi connectivity index (χ0n) is 11.4. The monoisotopic (exact) mass is 276 g/mol. The van der Waals surface area contributed by atoms with Crippen molar-refractivity contribution in [3.63, 3.8) is 0 Å². The maximum atomic E-state index is 10.6. The third-order valence-electron chi connectivity index (χ3n) is 3.99. The van der Waals surface area contributed by atoms with Crippen LogP contribution in [0, 0.1) is 0 Å². The van der Waals surface area contributed by atoms with Gasteiger partial charge in [-0.1, -0.05) is 24.3 Å². The Labute approximate surface area is 118 Å². The number of amides is 1. The van der Waals surface area contributed by atoms with E-state index in [9.17, 15) is 4.79 Å². The lowest BCUT2D eigenvalue weighted by Crippen LogP contribution is -2.35. The first-order valence-electron chi connectivity index (χ1n) is 7.11. The standard InChI is InChI=1S/C15H20N2O3/c18-15(19)16-14-9-13(14)12-3-1-2-11(8-12)10-17-4-6-20-7-5-17/h1-3,8,13-14,16H,4-7,9-10H2,(H,18,19). The second-order valence-electron chi connectivity index (χ2n) is 5.53. The van der Waals surface area contributed by atoms with Crippen LogP contribution in [0.15, 0.2) is 24.3 Å². The topological polar surface area (TPSA) is 61.8 Å². The predicted octanol–water partition coefficient (Wildman–Crippen LogP) is 1.64. The molecule has 1 aliphatic heterocycles. The van der Waals surface area contributed by atoms with Crippen molar-refractivity contribution in [1.82, 2.24) is 10.2 Å². The van der Waals surface area contributed by atoms with Crippen LogP contribution in [-0.2, 0) is 11.3 Å². The Morgan fingerprint density at radius 2 is 2.20 bits per heavy atom. The summed E-state index contributed by atoms with van der Waals surface area (Å²) < 4.78 is 5.35. The molecule has 1 heterocycles. The average Bonchev–Trinajstić information content (AvgIpc) is 3.19. The zero-order valence-corrected chi connectivity index (χ0v) is 11.4. The summed E-state index contributed by atoms with van der Waals surface area (Å²) in [6.45, 7) is 4.54. The van der Waals surface area contributed by atoms with Crippen molar-refractivity contribution in [1.29, 1.82) is 0 Å². The molecule has 2 fully saturated rings. The van der Waals surface area contributed by atoms with Crippen molar-refractivity contribution in [2.45, 2.75) is 24.9 Å². The van der Waals surface area contributed by atoms with Crippen molar-refractivity contribution in [3.05, 3.63) is 35.4 Å². The van der Waals surface area contributed by atoms with Gasteiger partial charge in [-0.05, 0) is 17.5 Å². The molecule has 1 aliphatic carbocycles. The van der Waals surface area contributed by atoms with Crippen LogP contribution in [0.1, 0.15) is 23.5 Å². The number of nitrogens with one attached hydrogen (secondary N) is 1. The van der Waals surface area contributed by atoms with E-state index in [-0.39, 0.29) is 6.04 Å². The van der Waals surface area contributed by atoms with Gasteiger partial charge in [-0.25, -0.2) is 4.79 Å². The van der Waals surface area contributed by atoms with Crippen molar-refractivity contribution in [2.75, 3.05) is 26.3 Å². The van der Waals surface area contributed by atoms with Gasteiger partial charge in [-0.2, -0.15) is 0 Å². The number of morpholine rings is 1. The van der Waals surface area contributed by atoms with Gasteiger partial charge in [-0.15, -0.1) is 0 Å². The molecule has 3 rings (SSSR count). The van der Waals surface area contributed by atoms with E-state index in [1.807, 2.05) is 0 Å². The SMILES string of the molecule is O=C(O)NC1CC1c1cccc(CN2CCOCC2)c1. The summed E-state index contributed by atoms with van der Waals surface area (Å²) in [5.41, 5.74) is 2.54. The number of nitrogens with zero attached hydrogens (tertiary/aromatic N) is 1. The minimum absolute atomic E-state index is 0.0890. The molecule has 0 radical (unpaired) electrons. The van der Waals surface area contributed by atoms with Gasteiger partial charge >= 0.3 is 6.09 Å². The van der Waals surface area contributed by atoms with Crippen LogP contribution in [0.25, 0.3) is 0 Å². The lowest BCUT2D eigenvalue weighted by Gasteiger charge is -2.26. The molecular formula is C15H20N2O3.